The maximum absolute atomic E-state index is 10.5. The van der Waals surface area contributed by atoms with Crippen molar-refractivity contribution in [2.45, 2.75) is 6.92 Å². The van der Waals surface area contributed by atoms with E-state index in [0.29, 0.717) is 0 Å². The molecule has 0 amide bonds. The van der Waals surface area contributed by atoms with Crippen LogP contribution >= 0.6 is 0 Å². The molecular weight excluding hydrogens is 184 g/mol. The van der Waals surface area contributed by atoms with Crippen LogP contribution in [0.5, 0.6) is 5.75 Å². The van der Waals surface area contributed by atoms with Gasteiger partial charge in [0.05, 0.1) is 6.26 Å². The van der Waals surface area contributed by atoms with E-state index >= 15 is 0 Å². The zero-order valence-electron chi connectivity index (χ0n) is 5.22. The van der Waals surface area contributed by atoms with E-state index in [4.69, 9.17) is 5.11 Å². The predicted octanol–water partition coefficient (Wildman–Crippen LogP) is 0.651. The first-order valence-electron chi connectivity index (χ1n) is 2.49. The number of aromatic hydroxyl groups is 1. The van der Waals surface area contributed by atoms with Gasteiger partial charge in [0, 0.05) is 6.07 Å². The third-order valence-corrected chi connectivity index (χ3v) is 1.03. The Kier molecular flexibility index (Phi) is 3.19. The van der Waals surface area contributed by atoms with Gasteiger partial charge in [-0.25, -0.2) is 0 Å². The Hall–Kier alpha value is -0.731. The minimum absolute atomic E-state index is 0. The van der Waals surface area contributed by atoms with Gasteiger partial charge in [-0.15, -0.1) is 0 Å². The van der Waals surface area contributed by atoms with Crippen molar-refractivity contribution in [3.8, 4) is 5.75 Å². The molecule has 3 nitrogen and oxygen atoms in total. The van der Waals surface area contributed by atoms with Crippen LogP contribution in [0.15, 0.2) is 21.5 Å². The van der Waals surface area contributed by atoms with Gasteiger partial charge in [-0.3, -0.25) is 4.79 Å². The molecule has 1 N–H and O–H groups in total. The minimum Gasteiger partial charge on any atom is -0.502 e. The molecule has 0 unspecified atom stereocenters. The van der Waals surface area contributed by atoms with Crippen molar-refractivity contribution >= 4 is 0 Å². The van der Waals surface area contributed by atoms with E-state index in [1.54, 1.807) is 0 Å². The van der Waals surface area contributed by atoms with E-state index in [-0.39, 0.29) is 28.6 Å². The fourth-order valence-electron chi connectivity index (χ4n) is 0.506. The van der Waals surface area contributed by atoms with Gasteiger partial charge in [-0.05, 0) is 6.92 Å². The van der Waals surface area contributed by atoms with Crippen LogP contribution in [-0.4, -0.2) is 5.11 Å². The van der Waals surface area contributed by atoms with Gasteiger partial charge in [0.25, 0.3) is 0 Å². The van der Waals surface area contributed by atoms with E-state index in [9.17, 15) is 4.79 Å². The topological polar surface area (TPSA) is 50.4 Å². The SMILES string of the molecule is Cc1occc(=O)c1O.[Cu+2]. The maximum atomic E-state index is 10.5. The predicted molar refractivity (Wildman–Crippen MR) is 31.4 cm³/mol. The molecule has 0 atom stereocenters. The van der Waals surface area contributed by atoms with Gasteiger partial charge in [-0.2, -0.15) is 0 Å². The Morgan fingerprint density at radius 1 is 1.60 bits per heavy atom. The maximum Gasteiger partial charge on any atom is 2.00 e. The summed E-state index contributed by atoms with van der Waals surface area (Å²) >= 11 is 0. The molecule has 4 heteroatoms. The quantitative estimate of drug-likeness (QED) is 0.610. The summed E-state index contributed by atoms with van der Waals surface area (Å²) < 4.78 is 4.69. The molecule has 10 heavy (non-hydrogen) atoms. The third-order valence-electron chi connectivity index (χ3n) is 1.03. The zero-order valence-corrected chi connectivity index (χ0v) is 6.16. The molecule has 0 aliphatic carbocycles. The first-order valence-corrected chi connectivity index (χ1v) is 2.49. The minimum atomic E-state index is -0.404. The Labute approximate surface area is 68.2 Å². The summed E-state index contributed by atoms with van der Waals surface area (Å²) in [6, 6.07) is 1.17. The van der Waals surface area contributed by atoms with Crippen molar-refractivity contribution < 1.29 is 26.6 Å². The van der Waals surface area contributed by atoms with Crippen molar-refractivity contribution in [1.29, 1.82) is 0 Å². The monoisotopic (exact) mass is 189 g/mol. The van der Waals surface area contributed by atoms with Crippen molar-refractivity contribution in [3.05, 3.63) is 28.3 Å². The number of rotatable bonds is 0. The summed E-state index contributed by atoms with van der Waals surface area (Å²) in [6.07, 6.45) is 1.25. The van der Waals surface area contributed by atoms with E-state index < -0.39 is 5.43 Å². The van der Waals surface area contributed by atoms with Crippen LogP contribution < -0.4 is 5.43 Å². The molecule has 0 fully saturated rings. The first kappa shape index (κ1) is 9.27. The first-order chi connectivity index (χ1) is 4.22. The molecule has 0 aliphatic rings. The standard InChI is InChI=1S/C6H6O3.Cu/c1-4-6(8)5(7)2-3-9-4;/h2-3,8H,1H3;/q;+2. The summed E-state index contributed by atoms with van der Waals surface area (Å²) in [5.41, 5.74) is -0.404. The molecular formula is C6H6CuO3+2. The van der Waals surface area contributed by atoms with Crippen LogP contribution in [0.25, 0.3) is 0 Å². The summed E-state index contributed by atoms with van der Waals surface area (Å²) in [5.74, 6) is -0.0556. The van der Waals surface area contributed by atoms with Gasteiger partial charge in [0.2, 0.25) is 11.2 Å². The Morgan fingerprint density at radius 3 is 2.60 bits per heavy atom. The third kappa shape index (κ3) is 1.62. The van der Waals surface area contributed by atoms with Crippen molar-refractivity contribution in [2.75, 3.05) is 0 Å². The Balaban J connectivity index is 0.000000810. The zero-order chi connectivity index (χ0) is 6.85. The van der Waals surface area contributed by atoms with Gasteiger partial charge in [-0.1, -0.05) is 0 Å². The molecule has 0 spiro atoms. The molecule has 0 aliphatic heterocycles. The molecule has 1 rings (SSSR count). The van der Waals surface area contributed by atoms with Crippen molar-refractivity contribution in [3.63, 3.8) is 0 Å². The molecule has 1 radical (unpaired) electrons. The van der Waals surface area contributed by atoms with Gasteiger partial charge in [0.1, 0.15) is 5.76 Å². The summed E-state index contributed by atoms with van der Waals surface area (Å²) in [4.78, 5) is 10.5. The molecule has 0 aromatic carbocycles. The molecule has 57 valence electrons. The Bertz CT molecular complexity index is 266. The van der Waals surface area contributed by atoms with Crippen LogP contribution in [0.4, 0.5) is 0 Å². The van der Waals surface area contributed by atoms with Crippen LogP contribution in [0, 0.1) is 6.92 Å². The molecule has 0 saturated carbocycles. The summed E-state index contributed by atoms with van der Waals surface area (Å²) in [7, 11) is 0. The molecule has 1 aromatic heterocycles. The molecule has 1 aromatic rings. The van der Waals surface area contributed by atoms with Crippen LogP contribution in [0.3, 0.4) is 0 Å². The fourth-order valence-corrected chi connectivity index (χ4v) is 0.506. The second-order valence-corrected chi connectivity index (χ2v) is 1.69. The normalized spacial score (nSPS) is 8.50. The van der Waals surface area contributed by atoms with Crippen LogP contribution in [0.2, 0.25) is 0 Å². The van der Waals surface area contributed by atoms with Crippen LogP contribution in [0.1, 0.15) is 5.76 Å². The number of aryl methyl sites for hydroxylation is 1. The second kappa shape index (κ2) is 3.44. The molecule has 0 saturated heterocycles. The average molecular weight is 190 g/mol. The fraction of sp³-hybridized carbons (Fsp3) is 0.167. The smallest absolute Gasteiger partial charge is 0.502 e. The van der Waals surface area contributed by atoms with E-state index in [1.165, 1.54) is 19.3 Å². The van der Waals surface area contributed by atoms with E-state index in [2.05, 4.69) is 4.42 Å². The van der Waals surface area contributed by atoms with E-state index in [1.807, 2.05) is 0 Å². The number of hydrogen-bond donors (Lipinski definition) is 1. The molecule has 0 bridgehead atoms. The average Bonchev–Trinajstić information content (AvgIpc) is 1.83. The molecule has 1 heterocycles. The second-order valence-electron chi connectivity index (χ2n) is 1.69. The van der Waals surface area contributed by atoms with Gasteiger partial charge in [0.15, 0.2) is 0 Å². The largest absolute Gasteiger partial charge is 2.00 e. The Morgan fingerprint density at radius 2 is 2.20 bits per heavy atom. The summed E-state index contributed by atoms with van der Waals surface area (Å²) in [6.45, 7) is 1.52. The van der Waals surface area contributed by atoms with Gasteiger partial charge >= 0.3 is 17.1 Å². The van der Waals surface area contributed by atoms with Gasteiger partial charge < -0.3 is 9.52 Å². The van der Waals surface area contributed by atoms with E-state index in [0.717, 1.165) is 0 Å². The number of hydrogen-bond acceptors (Lipinski definition) is 3. The van der Waals surface area contributed by atoms with Crippen LogP contribution in [-0.2, 0) is 17.1 Å². The van der Waals surface area contributed by atoms with Crippen molar-refractivity contribution in [1.82, 2.24) is 0 Å². The summed E-state index contributed by atoms with van der Waals surface area (Å²) in [5, 5.41) is 8.80. The van der Waals surface area contributed by atoms with Crippen molar-refractivity contribution in [2.24, 2.45) is 0 Å².